The fourth-order valence-electron chi connectivity index (χ4n) is 2.27. The smallest absolute Gasteiger partial charge is 0.408 e. The zero-order valence-electron chi connectivity index (χ0n) is 15.2. The minimum Gasteiger partial charge on any atom is -0.469 e. The number of benzene rings is 1. The van der Waals surface area contributed by atoms with Crippen LogP contribution in [0.15, 0.2) is 24.3 Å². The highest BCUT2D eigenvalue weighted by molar-refractivity contribution is 6.30. The molecule has 8 nitrogen and oxygen atoms in total. The van der Waals surface area contributed by atoms with Crippen LogP contribution in [0.5, 0.6) is 0 Å². The lowest BCUT2D eigenvalue weighted by molar-refractivity contribution is -0.528. The van der Waals surface area contributed by atoms with Crippen LogP contribution in [-0.2, 0) is 14.3 Å². The van der Waals surface area contributed by atoms with E-state index in [1.54, 1.807) is 45.0 Å². The summed E-state index contributed by atoms with van der Waals surface area (Å²) in [5.41, 5.74) is -0.281. The summed E-state index contributed by atoms with van der Waals surface area (Å²) in [6, 6.07) is 4.05. The van der Waals surface area contributed by atoms with Gasteiger partial charge < -0.3 is 14.8 Å². The Balaban J connectivity index is 3.10. The highest BCUT2D eigenvalue weighted by atomic mass is 35.5. The monoisotopic (exact) mass is 386 g/mol. The third kappa shape index (κ3) is 7.26. The molecule has 1 aromatic carbocycles. The van der Waals surface area contributed by atoms with Crippen molar-refractivity contribution >= 4 is 23.7 Å². The molecule has 1 aromatic rings. The van der Waals surface area contributed by atoms with Gasteiger partial charge in [0.1, 0.15) is 11.6 Å². The van der Waals surface area contributed by atoms with Gasteiger partial charge in [-0.2, -0.15) is 0 Å². The van der Waals surface area contributed by atoms with Crippen LogP contribution in [0.25, 0.3) is 0 Å². The Bertz CT molecular complexity index is 642. The number of carbonyl (C=O) groups excluding carboxylic acids is 2. The van der Waals surface area contributed by atoms with E-state index in [1.165, 1.54) is 7.11 Å². The van der Waals surface area contributed by atoms with Crippen LogP contribution in [0.1, 0.15) is 45.2 Å². The number of methoxy groups -OCH3 is 1. The van der Waals surface area contributed by atoms with E-state index in [2.05, 4.69) is 10.1 Å². The Kier molecular flexibility index (Phi) is 7.82. The fraction of sp³-hybridized carbons (Fsp3) is 0.529. The average Bonchev–Trinajstić information content (AvgIpc) is 2.52. The number of carbonyl (C=O) groups is 2. The first kappa shape index (κ1) is 21.7. The molecule has 26 heavy (non-hydrogen) atoms. The summed E-state index contributed by atoms with van der Waals surface area (Å²) in [4.78, 5) is 34.6. The van der Waals surface area contributed by atoms with Gasteiger partial charge in [-0.05, 0) is 38.5 Å². The summed E-state index contributed by atoms with van der Waals surface area (Å²) < 4.78 is 9.74. The van der Waals surface area contributed by atoms with Crippen molar-refractivity contribution in [3.8, 4) is 0 Å². The van der Waals surface area contributed by atoms with Gasteiger partial charge in [0.25, 0.3) is 0 Å². The number of hydrogen-bond acceptors (Lipinski definition) is 6. The van der Waals surface area contributed by atoms with E-state index in [-0.39, 0.29) is 12.8 Å². The first-order chi connectivity index (χ1) is 12.0. The first-order valence-electron chi connectivity index (χ1n) is 7.99. The maximum absolute atomic E-state index is 12.2. The van der Waals surface area contributed by atoms with Crippen molar-refractivity contribution in [2.24, 2.45) is 0 Å². The molecule has 0 aliphatic heterocycles. The number of nitro groups is 1. The van der Waals surface area contributed by atoms with Crippen LogP contribution >= 0.6 is 11.6 Å². The molecule has 9 heteroatoms. The lowest BCUT2D eigenvalue weighted by Gasteiger charge is -2.25. The number of hydrogen-bond donors (Lipinski definition) is 1. The minimum atomic E-state index is -1.25. The third-order valence-corrected chi connectivity index (χ3v) is 3.68. The predicted molar refractivity (Wildman–Crippen MR) is 95.6 cm³/mol. The molecular weight excluding hydrogens is 364 g/mol. The van der Waals surface area contributed by atoms with Gasteiger partial charge in [-0.1, -0.05) is 23.7 Å². The van der Waals surface area contributed by atoms with E-state index in [0.717, 1.165) is 0 Å². The molecule has 2 atom stereocenters. The summed E-state index contributed by atoms with van der Waals surface area (Å²) in [6.45, 7) is 5.06. The molecule has 144 valence electrons. The van der Waals surface area contributed by atoms with Gasteiger partial charge in [-0.15, -0.1) is 0 Å². The average molecular weight is 387 g/mol. The van der Waals surface area contributed by atoms with Crippen molar-refractivity contribution in [3.05, 3.63) is 45.0 Å². The lowest BCUT2D eigenvalue weighted by atomic mass is 9.96. The third-order valence-electron chi connectivity index (χ3n) is 3.43. The Hall–Kier alpha value is -2.35. The molecule has 0 bridgehead atoms. The molecule has 0 saturated heterocycles. The summed E-state index contributed by atoms with van der Waals surface area (Å²) in [5.74, 6) is -0.566. The number of alkyl carbamates (subject to hydrolysis) is 1. The normalized spacial score (nSPS) is 13.4. The molecule has 0 radical (unpaired) electrons. The number of halogens is 1. The van der Waals surface area contributed by atoms with Gasteiger partial charge in [0.2, 0.25) is 6.04 Å². The number of amides is 1. The molecule has 0 unspecified atom stereocenters. The Morgan fingerprint density at radius 1 is 1.27 bits per heavy atom. The topological polar surface area (TPSA) is 108 Å². The van der Waals surface area contributed by atoms with E-state index in [9.17, 15) is 19.7 Å². The number of esters is 1. The van der Waals surface area contributed by atoms with Crippen LogP contribution in [-0.4, -0.2) is 35.7 Å². The predicted octanol–water partition coefficient (Wildman–Crippen LogP) is 3.50. The van der Waals surface area contributed by atoms with E-state index < -0.39 is 34.7 Å². The van der Waals surface area contributed by atoms with Crippen LogP contribution in [0, 0.1) is 10.1 Å². The van der Waals surface area contributed by atoms with Gasteiger partial charge in [-0.25, -0.2) is 4.79 Å². The van der Waals surface area contributed by atoms with Crippen molar-refractivity contribution < 1.29 is 24.0 Å². The Morgan fingerprint density at radius 2 is 1.85 bits per heavy atom. The van der Waals surface area contributed by atoms with Crippen LogP contribution in [0.2, 0.25) is 5.02 Å². The first-order valence-corrected chi connectivity index (χ1v) is 8.36. The highest BCUT2D eigenvalue weighted by Gasteiger charge is 2.35. The molecule has 0 aromatic heterocycles. The van der Waals surface area contributed by atoms with Crippen molar-refractivity contribution in [2.75, 3.05) is 7.11 Å². The second-order valence-corrected chi connectivity index (χ2v) is 7.08. The molecule has 0 fully saturated rings. The Morgan fingerprint density at radius 3 is 2.31 bits per heavy atom. The number of ether oxygens (including phenoxy) is 2. The molecule has 0 heterocycles. The van der Waals surface area contributed by atoms with Crippen molar-refractivity contribution in [1.82, 2.24) is 5.32 Å². The second-order valence-electron chi connectivity index (χ2n) is 6.64. The summed E-state index contributed by atoms with van der Waals surface area (Å²) in [5, 5.41) is 14.6. The largest absolute Gasteiger partial charge is 0.469 e. The molecule has 1 rings (SSSR count). The molecule has 1 N–H and O–H groups in total. The summed E-state index contributed by atoms with van der Waals surface area (Å²) in [6.07, 6.45) is -1.05. The second kappa shape index (κ2) is 9.38. The summed E-state index contributed by atoms with van der Waals surface area (Å²) >= 11 is 5.87. The van der Waals surface area contributed by atoms with Crippen molar-refractivity contribution in [1.29, 1.82) is 0 Å². The minimum absolute atomic E-state index is 0.108. The van der Waals surface area contributed by atoms with E-state index in [0.29, 0.717) is 10.6 Å². The van der Waals surface area contributed by atoms with Gasteiger partial charge in [0.05, 0.1) is 13.5 Å². The molecule has 1 amide bonds. The van der Waals surface area contributed by atoms with Crippen LogP contribution in [0.4, 0.5) is 4.79 Å². The van der Waals surface area contributed by atoms with Gasteiger partial charge in [-0.3, -0.25) is 14.9 Å². The van der Waals surface area contributed by atoms with Gasteiger partial charge in [0, 0.05) is 16.4 Å². The Labute approximate surface area is 157 Å². The standard InChI is InChI=1S/C17H23ClN2O6/c1-17(2,3)26-16(22)19-15(11-5-7-12(18)8-6-11)13(20(23)24)9-10-14(21)25-4/h5-8,13,15H,9-10H2,1-4H3,(H,19,22)/t13-,15+/m0/s1. The van der Waals surface area contributed by atoms with Gasteiger partial charge in [0.15, 0.2) is 0 Å². The number of nitrogens with zero attached hydrogens (tertiary/aromatic N) is 1. The number of rotatable bonds is 7. The lowest BCUT2D eigenvalue weighted by Crippen LogP contribution is -2.42. The molecule has 0 saturated carbocycles. The van der Waals surface area contributed by atoms with Crippen LogP contribution < -0.4 is 5.32 Å². The van der Waals surface area contributed by atoms with Crippen molar-refractivity contribution in [3.63, 3.8) is 0 Å². The molecule has 0 aliphatic carbocycles. The zero-order valence-corrected chi connectivity index (χ0v) is 15.9. The fourth-order valence-corrected chi connectivity index (χ4v) is 2.39. The molecule has 0 spiro atoms. The van der Waals surface area contributed by atoms with Gasteiger partial charge >= 0.3 is 12.1 Å². The van der Waals surface area contributed by atoms with E-state index in [4.69, 9.17) is 16.3 Å². The van der Waals surface area contributed by atoms with E-state index >= 15 is 0 Å². The van der Waals surface area contributed by atoms with Crippen molar-refractivity contribution in [2.45, 2.75) is 51.3 Å². The maximum Gasteiger partial charge on any atom is 0.408 e. The van der Waals surface area contributed by atoms with E-state index in [1.807, 2.05) is 0 Å². The van der Waals surface area contributed by atoms with Crippen LogP contribution in [0.3, 0.4) is 0 Å². The molecular formula is C17H23ClN2O6. The molecule has 0 aliphatic rings. The zero-order chi connectivity index (χ0) is 19.9. The summed E-state index contributed by atoms with van der Waals surface area (Å²) in [7, 11) is 1.21. The highest BCUT2D eigenvalue weighted by Crippen LogP contribution is 2.25. The SMILES string of the molecule is COC(=O)CC[C@@H]([C@H](NC(=O)OC(C)(C)C)c1ccc(Cl)cc1)[N+](=O)[O-]. The maximum atomic E-state index is 12.2. The quantitative estimate of drug-likeness (QED) is 0.436. The number of nitrogens with one attached hydrogen (secondary N) is 1.